The first-order chi connectivity index (χ1) is 8.25. The summed E-state index contributed by atoms with van der Waals surface area (Å²) in [6.45, 7) is 6.02. The molecule has 0 unspecified atom stereocenters. The Morgan fingerprint density at radius 2 is 1.47 bits per heavy atom. The summed E-state index contributed by atoms with van der Waals surface area (Å²) in [4.78, 5) is 0. The van der Waals surface area contributed by atoms with Crippen LogP contribution in [-0.4, -0.2) is 0 Å². The molecule has 0 aliphatic carbocycles. The fourth-order valence-corrected chi connectivity index (χ4v) is 1.43. The molecule has 2 rings (SSSR count). The Balaban J connectivity index is 0.000000686. The van der Waals surface area contributed by atoms with Crippen molar-refractivity contribution >= 4 is 11.6 Å². The molecule has 0 saturated carbocycles. The molecule has 2 heteroatoms. The van der Waals surface area contributed by atoms with Gasteiger partial charge in [0.15, 0.2) is 0 Å². The Morgan fingerprint density at radius 1 is 0.882 bits per heavy atom. The van der Waals surface area contributed by atoms with Crippen LogP contribution in [0.25, 0.3) is 0 Å². The van der Waals surface area contributed by atoms with Crippen molar-refractivity contribution in [2.75, 3.05) is 0 Å². The van der Waals surface area contributed by atoms with Crippen molar-refractivity contribution in [1.29, 1.82) is 0 Å². The molecular weight excluding hydrogens is 232 g/mol. The topological polar surface area (TPSA) is 9.23 Å². The second kappa shape index (κ2) is 6.97. The standard InChI is InChI=1S/C13H11ClO.C2H6/c1-10-4-2-3-5-13(10)15-12-8-6-11(14)7-9-12;1-2/h2-9H,1H3;1-2H3. The van der Waals surface area contributed by atoms with E-state index in [1.165, 1.54) is 0 Å². The van der Waals surface area contributed by atoms with E-state index in [0.717, 1.165) is 17.1 Å². The SMILES string of the molecule is CC.Cc1ccccc1Oc1ccc(Cl)cc1. The number of hydrogen-bond acceptors (Lipinski definition) is 1. The van der Waals surface area contributed by atoms with Gasteiger partial charge in [0.1, 0.15) is 11.5 Å². The van der Waals surface area contributed by atoms with Crippen molar-refractivity contribution in [3.63, 3.8) is 0 Å². The van der Waals surface area contributed by atoms with Crippen LogP contribution in [0.5, 0.6) is 11.5 Å². The van der Waals surface area contributed by atoms with Gasteiger partial charge in [0.25, 0.3) is 0 Å². The summed E-state index contributed by atoms with van der Waals surface area (Å²) in [5, 5.41) is 0.715. The van der Waals surface area contributed by atoms with E-state index in [-0.39, 0.29) is 0 Å². The number of hydrogen-bond donors (Lipinski definition) is 0. The first kappa shape index (κ1) is 13.6. The van der Waals surface area contributed by atoms with Crippen LogP contribution in [0, 0.1) is 6.92 Å². The Labute approximate surface area is 108 Å². The van der Waals surface area contributed by atoms with Crippen LogP contribution in [0.4, 0.5) is 0 Å². The van der Waals surface area contributed by atoms with Crippen molar-refractivity contribution in [3.05, 3.63) is 59.1 Å². The molecule has 2 aromatic rings. The highest BCUT2D eigenvalue weighted by Crippen LogP contribution is 2.25. The quantitative estimate of drug-likeness (QED) is 0.685. The fraction of sp³-hybridized carbons (Fsp3) is 0.200. The predicted octanol–water partition coefficient (Wildman–Crippen LogP) is 5.47. The van der Waals surface area contributed by atoms with E-state index >= 15 is 0 Å². The molecule has 0 amide bonds. The van der Waals surface area contributed by atoms with E-state index in [1.807, 2.05) is 69.3 Å². The normalized spacial score (nSPS) is 9.18. The minimum Gasteiger partial charge on any atom is -0.457 e. The second-order valence-corrected chi connectivity index (χ2v) is 3.76. The molecule has 0 radical (unpaired) electrons. The second-order valence-electron chi connectivity index (χ2n) is 3.32. The van der Waals surface area contributed by atoms with Gasteiger partial charge in [-0.25, -0.2) is 0 Å². The smallest absolute Gasteiger partial charge is 0.130 e. The van der Waals surface area contributed by atoms with E-state index in [2.05, 4.69) is 0 Å². The van der Waals surface area contributed by atoms with E-state index in [1.54, 1.807) is 0 Å². The summed E-state index contributed by atoms with van der Waals surface area (Å²) in [5.41, 5.74) is 1.12. The Hall–Kier alpha value is -1.47. The molecule has 0 saturated heterocycles. The van der Waals surface area contributed by atoms with E-state index < -0.39 is 0 Å². The number of halogens is 1. The minimum atomic E-state index is 0.715. The lowest BCUT2D eigenvalue weighted by molar-refractivity contribution is 0.479. The minimum absolute atomic E-state index is 0.715. The molecule has 0 bridgehead atoms. The van der Waals surface area contributed by atoms with E-state index in [0.29, 0.717) is 5.02 Å². The third-order valence-corrected chi connectivity index (χ3v) is 2.39. The molecule has 1 nitrogen and oxygen atoms in total. The van der Waals surface area contributed by atoms with Gasteiger partial charge in [0, 0.05) is 5.02 Å². The van der Waals surface area contributed by atoms with Gasteiger partial charge in [-0.3, -0.25) is 0 Å². The summed E-state index contributed by atoms with van der Waals surface area (Å²) in [6.07, 6.45) is 0. The van der Waals surface area contributed by atoms with Crippen LogP contribution in [0.1, 0.15) is 19.4 Å². The zero-order valence-corrected chi connectivity index (χ0v) is 11.2. The van der Waals surface area contributed by atoms with Crippen molar-refractivity contribution < 1.29 is 4.74 Å². The molecule has 90 valence electrons. The average Bonchev–Trinajstić information content (AvgIpc) is 2.37. The molecule has 2 aromatic carbocycles. The predicted molar refractivity (Wildman–Crippen MR) is 74.1 cm³/mol. The monoisotopic (exact) mass is 248 g/mol. The Bertz CT molecular complexity index is 449. The maximum Gasteiger partial charge on any atom is 0.130 e. The zero-order chi connectivity index (χ0) is 12.7. The third kappa shape index (κ3) is 4.12. The van der Waals surface area contributed by atoms with Gasteiger partial charge >= 0.3 is 0 Å². The molecule has 0 aliphatic rings. The van der Waals surface area contributed by atoms with Gasteiger partial charge in [0.05, 0.1) is 0 Å². The first-order valence-corrected chi connectivity index (χ1v) is 6.12. The molecule has 0 N–H and O–H groups in total. The van der Waals surface area contributed by atoms with Gasteiger partial charge in [-0.15, -0.1) is 0 Å². The van der Waals surface area contributed by atoms with Gasteiger partial charge in [-0.1, -0.05) is 43.6 Å². The first-order valence-electron chi connectivity index (χ1n) is 5.75. The lowest BCUT2D eigenvalue weighted by atomic mass is 10.2. The molecule has 0 spiro atoms. The number of para-hydroxylation sites is 1. The summed E-state index contributed by atoms with van der Waals surface area (Å²) in [7, 11) is 0. The molecule has 17 heavy (non-hydrogen) atoms. The van der Waals surface area contributed by atoms with Crippen molar-refractivity contribution in [1.82, 2.24) is 0 Å². The summed E-state index contributed by atoms with van der Waals surface area (Å²) < 4.78 is 5.71. The third-order valence-electron chi connectivity index (χ3n) is 2.14. The molecule has 0 atom stereocenters. The van der Waals surface area contributed by atoms with Gasteiger partial charge < -0.3 is 4.74 Å². The van der Waals surface area contributed by atoms with Crippen LogP contribution in [-0.2, 0) is 0 Å². The number of benzene rings is 2. The maximum absolute atomic E-state index is 5.79. The highest BCUT2D eigenvalue weighted by molar-refractivity contribution is 6.30. The van der Waals surface area contributed by atoms with Crippen LogP contribution in [0.2, 0.25) is 5.02 Å². The fourth-order valence-electron chi connectivity index (χ4n) is 1.30. The highest BCUT2D eigenvalue weighted by Gasteiger charge is 1.99. The van der Waals surface area contributed by atoms with Crippen molar-refractivity contribution in [2.45, 2.75) is 20.8 Å². The number of ether oxygens (including phenoxy) is 1. The Kier molecular flexibility index (Phi) is 5.58. The van der Waals surface area contributed by atoms with Gasteiger partial charge in [-0.05, 0) is 42.8 Å². The van der Waals surface area contributed by atoms with Crippen LogP contribution < -0.4 is 4.74 Å². The lowest BCUT2D eigenvalue weighted by Gasteiger charge is -2.07. The zero-order valence-electron chi connectivity index (χ0n) is 10.4. The van der Waals surface area contributed by atoms with E-state index in [4.69, 9.17) is 16.3 Å². The average molecular weight is 249 g/mol. The summed E-state index contributed by atoms with van der Waals surface area (Å²) in [5.74, 6) is 1.67. The summed E-state index contributed by atoms with van der Waals surface area (Å²) >= 11 is 5.79. The number of aryl methyl sites for hydroxylation is 1. The van der Waals surface area contributed by atoms with Crippen LogP contribution in [0.3, 0.4) is 0 Å². The largest absolute Gasteiger partial charge is 0.457 e. The van der Waals surface area contributed by atoms with Crippen molar-refractivity contribution in [3.8, 4) is 11.5 Å². The highest BCUT2D eigenvalue weighted by atomic mass is 35.5. The van der Waals surface area contributed by atoms with Gasteiger partial charge in [-0.2, -0.15) is 0 Å². The van der Waals surface area contributed by atoms with Crippen LogP contribution in [0.15, 0.2) is 48.5 Å². The molecule has 0 fully saturated rings. The molecule has 0 aliphatic heterocycles. The van der Waals surface area contributed by atoms with Crippen LogP contribution >= 0.6 is 11.6 Å². The number of rotatable bonds is 2. The molecule has 0 aromatic heterocycles. The molecular formula is C15H17ClO. The summed E-state index contributed by atoms with van der Waals surface area (Å²) in [6, 6.07) is 15.3. The maximum atomic E-state index is 5.79. The van der Waals surface area contributed by atoms with Gasteiger partial charge in [0.2, 0.25) is 0 Å². The Morgan fingerprint density at radius 3 is 2.06 bits per heavy atom. The van der Waals surface area contributed by atoms with E-state index in [9.17, 15) is 0 Å². The molecule has 0 heterocycles. The van der Waals surface area contributed by atoms with Crippen molar-refractivity contribution in [2.24, 2.45) is 0 Å². The lowest BCUT2D eigenvalue weighted by Crippen LogP contribution is -1.86.